The summed E-state index contributed by atoms with van der Waals surface area (Å²) in [6.45, 7) is 2.51. The lowest BCUT2D eigenvalue weighted by Crippen LogP contribution is -2.05. The predicted molar refractivity (Wildman–Crippen MR) is 68.1 cm³/mol. The molecule has 0 radical (unpaired) electrons. The normalized spacial score (nSPS) is 10.0. The molecule has 2 aromatic heterocycles. The van der Waals surface area contributed by atoms with Crippen molar-refractivity contribution < 1.29 is 4.74 Å². The number of rotatable bonds is 4. The lowest BCUT2D eigenvalue weighted by molar-refractivity contribution is 0.292. The molecule has 0 amide bonds. The van der Waals surface area contributed by atoms with Gasteiger partial charge in [-0.2, -0.15) is 20.2 Å². The SMILES string of the molecule is CCCOc1nc(N)nc(-c2ccc(C#N)s2)n1. The van der Waals surface area contributed by atoms with E-state index in [0.29, 0.717) is 17.3 Å². The lowest BCUT2D eigenvalue weighted by atomic mass is 10.4. The maximum atomic E-state index is 8.78. The van der Waals surface area contributed by atoms with Gasteiger partial charge in [0.2, 0.25) is 5.95 Å². The van der Waals surface area contributed by atoms with Gasteiger partial charge in [-0.3, -0.25) is 0 Å². The first kappa shape index (κ1) is 12.3. The van der Waals surface area contributed by atoms with Gasteiger partial charge in [-0.1, -0.05) is 6.92 Å². The maximum absolute atomic E-state index is 8.78. The summed E-state index contributed by atoms with van der Waals surface area (Å²) in [4.78, 5) is 13.5. The van der Waals surface area contributed by atoms with Crippen LogP contribution in [0.25, 0.3) is 10.7 Å². The number of nitrogens with two attached hydrogens (primary N) is 1. The fraction of sp³-hybridized carbons (Fsp3) is 0.273. The van der Waals surface area contributed by atoms with Crippen molar-refractivity contribution in [2.24, 2.45) is 0 Å². The second kappa shape index (κ2) is 5.42. The zero-order valence-corrected chi connectivity index (χ0v) is 10.6. The molecule has 0 aromatic carbocycles. The zero-order valence-electron chi connectivity index (χ0n) is 9.75. The molecular formula is C11H11N5OS. The van der Waals surface area contributed by atoms with Crippen LogP contribution >= 0.6 is 11.3 Å². The van der Waals surface area contributed by atoms with Crippen molar-refractivity contribution in [2.45, 2.75) is 13.3 Å². The van der Waals surface area contributed by atoms with Crippen LogP contribution in [0, 0.1) is 11.3 Å². The van der Waals surface area contributed by atoms with Crippen LogP contribution in [0.15, 0.2) is 12.1 Å². The highest BCUT2D eigenvalue weighted by Crippen LogP contribution is 2.26. The summed E-state index contributed by atoms with van der Waals surface area (Å²) < 4.78 is 5.33. The minimum Gasteiger partial charge on any atom is -0.463 e. The molecule has 2 rings (SSSR count). The number of hydrogen-bond donors (Lipinski definition) is 1. The Balaban J connectivity index is 2.32. The van der Waals surface area contributed by atoms with E-state index in [2.05, 4.69) is 21.0 Å². The van der Waals surface area contributed by atoms with E-state index in [9.17, 15) is 0 Å². The van der Waals surface area contributed by atoms with Crippen molar-refractivity contribution in [3.63, 3.8) is 0 Å². The molecule has 2 heterocycles. The monoisotopic (exact) mass is 261 g/mol. The molecule has 6 nitrogen and oxygen atoms in total. The first-order chi connectivity index (χ1) is 8.72. The number of nitrogens with zero attached hydrogens (tertiary/aromatic N) is 4. The fourth-order valence-electron chi connectivity index (χ4n) is 1.26. The van der Waals surface area contributed by atoms with E-state index in [1.54, 1.807) is 12.1 Å². The molecule has 0 spiro atoms. The van der Waals surface area contributed by atoms with Crippen molar-refractivity contribution in [3.05, 3.63) is 17.0 Å². The molecule has 0 unspecified atom stereocenters. The Morgan fingerprint density at radius 1 is 1.39 bits per heavy atom. The van der Waals surface area contributed by atoms with Gasteiger partial charge < -0.3 is 10.5 Å². The summed E-state index contributed by atoms with van der Waals surface area (Å²) >= 11 is 1.30. The number of anilines is 1. The van der Waals surface area contributed by atoms with Crippen LogP contribution in [0.3, 0.4) is 0 Å². The van der Waals surface area contributed by atoms with E-state index in [1.807, 2.05) is 6.92 Å². The summed E-state index contributed by atoms with van der Waals surface area (Å²) in [5, 5.41) is 8.78. The molecule has 2 aromatic rings. The third kappa shape index (κ3) is 2.73. The van der Waals surface area contributed by atoms with Crippen molar-refractivity contribution >= 4 is 17.3 Å². The third-order valence-corrected chi connectivity index (χ3v) is 2.99. The Bertz CT molecular complexity index is 589. The van der Waals surface area contributed by atoms with Crippen LogP contribution in [0.5, 0.6) is 6.01 Å². The van der Waals surface area contributed by atoms with E-state index in [1.165, 1.54) is 11.3 Å². The topological polar surface area (TPSA) is 97.7 Å². The Kier molecular flexibility index (Phi) is 3.69. The number of nitriles is 1. The van der Waals surface area contributed by atoms with Gasteiger partial charge in [0.1, 0.15) is 10.9 Å². The summed E-state index contributed by atoms with van der Waals surface area (Å²) in [5.41, 5.74) is 5.61. The number of hydrogen-bond acceptors (Lipinski definition) is 7. The average molecular weight is 261 g/mol. The van der Waals surface area contributed by atoms with Gasteiger partial charge in [0.05, 0.1) is 11.5 Å². The van der Waals surface area contributed by atoms with Gasteiger partial charge in [0.15, 0.2) is 5.82 Å². The van der Waals surface area contributed by atoms with Crippen LogP contribution in [0.4, 0.5) is 5.95 Å². The molecular weight excluding hydrogens is 250 g/mol. The lowest BCUT2D eigenvalue weighted by Gasteiger charge is -2.04. The van der Waals surface area contributed by atoms with Gasteiger partial charge in [-0.05, 0) is 18.6 Å². The smallest absolute Gasteiger partial charge is 0.321 e. The molecule has 0 aliphatic heterocycles. The minimum atomic E-state index is 0.109. The van der Waals surface area contributed by atoms with Crippen LogP contribution in [0.1, 0.15) is 18.2 Å². The van der Waals surface area contributed by atoms with Crippen molar-refractivity contribution in [1.82, 2.24) is 15.0 Å². The third-order valence-electron chi connectivity index (χ3n) is 2.00. The van der Waals surface area contributed by atoms with Gasteiger partial charge in [0, 0.05) is 0 Å². The first-order valence-corrected chi connectivity index (χ1v) is 6.19. The minimum absolute atomic E-state index is 0.109. The molecule has 0 atom stereocenters. The molecule has 18 heavy (non-hydrogen) atoms. The van der Waals surface area contributed by atoms with Gasteiger partial charge in [-0.25, -0.2) is 0 Å². The van der Waals surface area contributed by atoms with E-state index in [0.717, 1.165) is 11.3 Å². The highest BCUT2D eigenvalue weighted by molar-refractivity contribution is 7.15. The molecule has 0 aliphatic rings. The highest BCUT2D eigenvalue weighted by Gasteiger charge is 2.10. The summed E-state index contributed by atoms with van der Waals surface area (Å²) in [5.74, 6) is 0.540. The van der Waals surface area contributed by atoms with Crippen LogP contribution in [-0.4, -0.2) is 21.6 Å². The number of thiophene rings is 1. The molecule has 0 bridgehead atoms. The summed E-state index contributed by atoms with van der Waals surface area (Å²) in [7, 11) is 0. The van der Waals surface area contributed by atoms with E-state index >= 15 is 0 Å². The number of aromatic nitrogens is 3. The van der Waals surface area contributed by atoms with E-state index in [4.69, 9.17) is 15.7 Å². The summed E-state index contributed by atoms with van der Waals surface area (Å²) in [6, 6.07) is 5.77. The predicted octanol–water partition coefficient (Wildman–Crippen LogP) is 1.84. The Labute approximate surface area is 108 Å². The van der Waals surface area contributed by atoms with Crippen molar-refractivity contribution in [3.8, 4) is 22.8 Å². The number of nitrogen functional groups attached to an aromatic ring is 1. The second-order valence-electron chi connectivity index (χ2n) is 3.42. The zero-order chi connectivity index (χ0) is 13.0. The second-order valence-corrected chi connectivity index (χ2v) is 4.51. The Morgan fingerprint density at radius 2 is 2.22 bits per heavy atom. The quantitative estimate of drug-likeness (QED) is 0.901. The van der Waals surface area contributed by atoms with E-state index in [-0.39, 0.29) is 12.0 Å². The molecule has 7 heteroatoms. The van der Waals surface area contributed by atoms with Gasteiger partial charge >= 0.3 is 6.01 Å². The van der Waals surface area contributed by atoms with Crippen LogP contribution < -0.4 is 10.5 Å². The summed E-state index contributed by atoms with van der Waals surface area (Å²) in [6.07, 6.45) is 0.860. The average Bonchev–Trinajstić information content (AvgIpc) is 2.84. The molecule has 0 saturated heterocycles. The van der Waals surface area contributed by atoms with Gasteiger partial charge in [-0.15, -0.1) is 11.3 Å². The van der Waals surface area contributed by atoms with Crippen molar-refractivity contribution in [1.29, 1.82) is 5.26 Å². The highest BCUT2D eigenvalue weighted by atomic mass is 32.1. The fourth-order valence-corrected chi connectivity index (χ4v) is 2.00. The first-order valence-electron chi connectivity index (χ1n) is 5.37. The Hall–Kier alpha value is -2.20. The maximum Gasteiger partial charge on any atom is 0.321 e. The molecule has 0 saturated carbocycles. The van der Waals surface area contributed by atoms with Crippen LogP contribution in [0.2, 0.25) is 0 Å². The Morgan fingerprint density at radius 3 is 2.89 bits per heavy atom. The standard InChI is InChI=1S/C11H11N5OS/c1-2-5-17-11-15-9(14-10(13)16-11)8-4-3-7(6-12)18-8/h3-4H,2,5H2,1H3,(H2,13,14,15,16). The molecule has 0 aliphatic carbocycles. The van der Waals surface area contributed by atoms with Gasteiger partial charge in [0.25, 0.3) is 0 Å². The van der Waals surface area contributed by atoms with Crippen molar-refractivity contribution in [2.75, 3.05) is 12.3 Å². The molecule has 92 valence electrons. The van der Waals surface area contributed by atoms with E-state index < -0.39 is 0 Å². The molecule has 2 N–H and O–H groups in total. The number of ether oxygens (including phenoxy) is 1. The van der Waals surface area contributed by atoms with Crippen LogP contribution in [-0.2, 0) is 0 Å². The largest absolute Gasteiger partial charge is 0.463 e. The molecule has 0 fully saturated rings.